The van der Waals surface area contributed by atoms with Crippen molar-refractivity contribution in [1.29, 1.82) is 0 Å². The van der Waals surface area contributed by atoms with Gasteiger partial charge < -0.3 is 10.6 Å². The molecule has 1 fully saturated rings. The molecule has 0 spiro atoms. The number of hydrogen-bond acceptors (Lipinski definition) is 5. The predicted octanol–water partition coefficient (Wildman–Crippen LogP) is 2.25. The van der Waals surface area contributed by atoms with E-state index in [1.807, 2.05) is 17.2 Å². The van der Waals surface area contributed by atoms with Crippen LogP contribution in [0.5, 0.6) is 0 Å². The molecule has 0 bridgehead atoms. The molecule has 0 aliphatic carbocycles. The van der Waals surface area contributed by atoms with Crippen molar-refractivity contribution in [1.82, 2.24) is 9.27 Å². The molecule has 1 amide bonds. The van der Waals surface area contributed by atoms with Gasteiger partial charge in [-0.25, -0.2) is 0 Å². The highest BCUT2D eigenvalue weighted by atomic mass is 32.1. The van der Waals surface area contributed by atoms with Crippen LogP contribution in [0.25, 0.3) is 0 Å². The maximum atomic E-state index is 12.3. The predicted molar refractivity (Wildman–Crippen MR) is 87.9 cm³/mol. The lowest BCUT2D eigenvalue weighted by molar-refractivity contribution is -0.133. The minimum Gasteiger partial charge on any atom is -0.341 e. The molecule has 1 unspecified atom stereocenters. The first-order valence-electron chi connectivity index (χ1n) is 7.88. The third-order valence-electron chi connectivity index (χ3n) is 4.60. The van der Waals surface area contributed by atoms with Gasteiger partial charge in [-0.2, -0.15) is 4.37 Å². The van der Waals surface area contributed by atoms with Gasteiger partial charge in [-0.15, -0.1) is 0 Å². The van der Waals surface area contributed by atoms with E-state index in [9.17, 15) is 9.59 Å². The Morgan fingerprint density at radius 1 is 1.41 bits per heavy atom. The molecule has 122 valence electrons. The minimum absolute atomic E-state index is 0.0298. The highest BCUT2D eigenvalue weighted by Crippen LogP contribution is 2.28. The van der Waals surface area contributed by atoms with E-state index in [0.717, 1.165) is 37.2 Å². The fourth-order valence-corrected chi connectivity index (χ4v) is 3.82. The molecule has 1 aliphatic rings. The summed E-state index contributed by atoms with van der Waals surface area (Å²) in [5.41, 5.74) is 7.25. The van der Waals surface area contributed by atoms with Crippen molar-refractivity contribution in [2.75, 3.05) is 13.1 Å². The number of piperidine rings is 1. The average Bonchev–Trinajstić information content (AvgIpc) is 2.92. The normalized spacial score (nSPS) is 19.0. The number of Topliss-reactive ketones (excluding diaryl/α,β-unsaturated/α-hetero) is 1. The molecule has 2 N–H and O–H groups in total. The Bertz CT molecular complexity index is 533. The summed E-state index contributed by atoms with van der Waals surface area (Å²) in [5, 5.41) is 1.84. The number of likely N-dealkylation sites (tertiary alicyclic amines) is 1. The smallest absolute Gasteiger partial charge is 0.239 e. The Balaban J connectivity index is 1.85. The maximum Gasteiger partial charge on any atom is 0.239 e. The maximum absolute atomic E-state index is 12.3. The van der Waals surface area contributed by atoms with Gasteiger partial charge in [-0.05, 0) is 50.1 Å². The van der Waals surface area contributed by atoms with E-state index in [2.05, 4.69) is 11.3 Å². The van der Waals surface area contributed by atoms with Crippen LogP contribution in [0.1, 0.15) is 49.2 Å². The topological polar surface area (TPSA) is 76.3 Å². The van der Waals surface area contributed by atoms with E-state index < -0.39 is 6.04 Å². The second-order valence-corrected chi connectivity index (χ2v) is 7.00. The molecule has 0 saturated carbocycles. The van der Waals surface area contributed by atoms with Crippen LogP contribution in [-0.2, 0) is 4.79 Å². The second kappa shape index (κ2) is 7.33. The van der Waals surface area contributed by atoms with Crippen LogP contribution in [0, 0.1) is 18.8 Å². The van der Waals surface area contributed by atoms with Gasteiger partial charge in [0.15, 0.2) is 5.78 Å². The molecule has 0 aromatic carbocycles. The summed E-state index contributed by atoms with van der Waals surface area (Å²) >= 11 is 1.34. The van der Waals surface area contributed by atoms with Gasteiger partial charge in [0.1, 0.15) is 0 Å². The van der Waals surface area contributed by atoms with E-state index in [0.29, 0.717) is 18.3 Å². The lowest BCUT2D eigenvalue weighted by Crippen LogP contribution is -2.46. The molecule has 1 saturated heterocycles. The van der Waals surface area contributed by atoms with Crippen LogP contribution in [0.2, 0.25) is 0 Å². The summed E-state index contributed by atoms with van der Waals surface area (Å²) in [5.74, 6) is 1.04. The number of rotatable bonds is 5. The summed E-state index contributed by atoms with van der Waals surface area (Å²) in [6.07, 6.45) is 2.46. The van der Waals surface area contributed by atoms with Gasteiger partial charge >= 0.3 is 0 Å². The Labute approximate surface area is 136 Å². The zero-order valence-electron chi connectivity index (χ0n) is 13.5. The first-order valence-corrected chi connectivity index (χ1v) is 8.72. The highest BCUT2D eigenvalue weighted by Gasteiger charge is 2.28. The van der Waals surface area contributed by atoms with Gasteiger partial charge in [0.2, 0.25) is 5.91 Å². The Morgan fingerprint density at radius 3 is 2.55 bits per heavy atom. The standard InChI is InChI=1S/C16H25N3O2S/c1-10(8-15(20)14-9-22-18-12(14)3)13-4-6-19(7-5-13)16(21)11(2)17/h9-11,13H,4-8,17H2,1-3H3/t10?,11-/m0/s1. The van der Waals surface area contributed by atoms with Crippen LogP contribution in [0.3, 0.4) is 0 Å². The molecule has 2 rings (SSSR count). The number of aryl methyl sites for hydroxylation is 1. The van der Waals surface area contributed by atoms with Crippen molar-refractivity contribution in [3.63, 3.8) is 0 Å². The van der Waals surface area contributed by atoms with Gasteiger partial charge in [-0.3, -0.25) is 9.59 Å². The van der Waals surface area contributed by atoms with Crippen LogP contribution in [0.15, 0.2) is 5.38 Å². The first kappa shape index (κ1) is 17.1. The van der Waals surface area contributed by atoms with Gasteiger partial charge in [0.25, 0.3) is 0 Å². The lowest BCUT2D eigenvalue weighted by atomic mass is 9.82. The lowest BCUT2D eigenvalue weighted by Gasteiger charge is -2.35. The number of carbonyl (C=O) groups excluding carboxylic acids is 2. The van der Waals surface area contributed by atoms with E-state index in [-0.39, 0.29) is 11.7 Å². The fourth-order valence-electron chi connectivity index (χ4n) is 3.11. The number of nitrogens with zero attached hydrogens (tertiary/aromatic N) is 2. The van der Waals surface area contributed by atoms with Gasteiger partial charge in [0, 0.05) is 24.9 Å². The molecule has 2 heterocycles. The van der Waals surface area contributed by atoms with E-state index in [1.165, 1.54) is 11.5 Å². The van der Waals surface area contributed by atoms with E-state index in [1.54, 1.807) is 6.92 Å². The van der Waals surface area contributed by atoms with Crippen molar-refractivity contribution in [3.05, 3.63) is 16.6 Å². The zero-order valence-corrected chi connectivity index (χ0v) is 14.4. The number of nitrogens with two attached hydrogens (primary N) is 1. The van der Waals surface area contributed by atoms with Crippen LogP contribution in [-0.4, -0.2) is 40.1 Å². The van der Waals surface area contributed by atoms with Gasteiger partial charge in [0.05, 0.1) is 17.3 Å². The molecule has 22 heavy (non-hydrogen) atoms. The number of aromatic nitrogens is 1. The van der Waals surface area contributed by atoms with Crippen molar-refractivity contribution in [2.24, 2.45) is 17.6 Å². The highest BCUT2D eigenvalue weighted by molar-refractivity contribution is 7.03. The summed E-state index contributed by atoms with van der Waals surface area (Å²) in [4.78, 5) is 26.1. The molecular weight excluding hydrogens is 298 g/mol. The Kier molecular flexibility index (Phi) is 5.69. The zero-order chi connectivity index (χ0) is 16.3. The van der Waals surface area contributed by atoms with Crippen molar-refractivity contribution in [3.8, 4) is 0 Å². The molecule has 1 aliphatic heterocycles. The Morgan fingerprint density at radius 2 is 2.05 bits per heavy atom. The number of ketones is 1. The third-order valence-corrected chi connectivity index (χ3v) is 5.32. The summed E-state index contributed by atoms with van der Waals surface area (Å²) < 4.78 is 4.17. The number of hydrogen-bond donors (Lipinski definition) is 1. The fraction of sp³-hybridized carbons (Fsp3) is 0.688. The summed E-state index contributed by atoms with van der Waals surface area (Å²) in [6.45, 7) is 7.26. The van der Waals surface area contributed by atoms with Crippen LogP contribution in [0.4, 0.5) is 0 Å². The third kappa shape index (κ3) is 3.93. The van der Waals surface area contributed by atoms with Crippen LogP contribution >= 0.6 is 11.5 Å². The monoisotopic (exact) mass is 323 g/mol. The quantitative estimate of drug-likeness (QED) is 0.843. The molecule has 0 radical (unpaired) electrons. The largest absolute Gasteiger partial charge is 0.341 e. The molecular formula is C16H25N3O2S. The summed E-state index contributed by atoms with van der Waals surface area (Å²) in [6, 6.07) is -0.426. The average molecular weight is 323 g/mol. The molecule has 2 atom stereocenters. The number of amides is 1. The van der Waals surface area contributed by atoms with Crippen LogP contribution < -0.4 is 5.73 Å². The van der Waals surface area contributed by atoms with Crippen molar-refractivity contribution >= 4 is 23.2 Å². The molecule has 5 nitrogen and oxygen atoms in total. The number of carbonyl (C=O) groups is 2. The van der Waals surface area contributed by atoms with Crippen molar-refractivity contribution in [2.45, 2.75) is 46.1 Å². The Hall–Kier alpha value is -1.27. The summed E-state index contributed by atoms with van der Waals surface area (Å²) in [7, 11) is 0. The SMILES string of the molecule is Cc1nscc1C(=O)CC(C)C1CCN(C(=O)[C@H](C)N)CC1. The molecule has 6 heteroatoms. The van der Waals surface area contributed by atoms with Gasteiger partial charge in [-0.1, -0.05) is 6.92 Å². The van der Waals surface area contributed by atoms with Crippen molar-refractivity contribution < 1.29 is 9.59 Å². The molecule has 1 aromatic heterocycles. The first-order chi connectivity index (χ1) is 10.4. The van der Waals surface area contributed by atoms with E-state index >= 15 is 0 Å². The second-order valence-electron chi connectivity index (χ2n) is 6.37. The minimum atomic E-state index is -0.426. The molecule has 1 aromatic rings. The van der Waals surface area contributed by atoms with E-state index in [4.69, 9.17) is 5.73 Å².